The predicted molar refractivity (Wildman–Crippen MR) is 83.4 cm³/mol. The maximum atomic E-state index is 6.20. The second-order valence-electron chi connectivity index (χ2n) is 6.66. The highest BCUT2D eigenvalue weighted by Crippen LogP contribution is 2.33. The van der Waals surface area contributed by atoms with E-state index in [0.29, 0.717) is 5.02 Å². The molecule has 19 heavy (non-hydrogen) atoms. The minimum Gasteiger partial charge on any atom is -0.495 e. The predicted octanol–water partition coefficient (Wildman–Crippen LogP) is 4.40. The number of hydrogen-bond acceptors (Lipinski definition) is 2. The number of benzene rings is 1. The van der Waals surface area contributed by atoms with E-state index in [0.717, 1.165) is 18.7 Å². The van der Waals surface area contributed by atoms with Gasteiger partial charge in [-0.15, -0.1) is 0 Å². The van der Waals surface area contributed by atoms with Gasteiger partial charge in [-0.3, -0.25) is 0 Å². The van der Waals surface area contributed by atoms with Gasteiger partial charge in [-0.2, -0.15) is 0 Å². The lowest BCUT2D eigenvalue weighted by Crippen LogP contribution is -2.38. The standard InChI is InChI=1S/C16H26ClNO/c1-15(2,3)18-10-9-16(4,5)12-7-8-14(19-6)13(17)11-12/h7-8,11,18H,9-10H2,1-6H3. The number of ether oxygens (including phenoxy) is 1. The highest BCUT2D eigenvalue weighted by Gasteiger charge is 2.22. The van der Waals surface area contributed by atoms with Gasteiger partial charge in [-0.1, -0.05) is 31.5 Å². The van der Waals surface area contributed by atoms with Crippen molar-refractivity contribution in [3.8, 4) is 5.75 Å². The molecule has 0 spiro atoms. The number of rotatable bonds is 5. The molecule has 0 aromatic heterocycles. The summed E-state index contributed by atoms with van der Waals surface area (Å²) in [5.74, 6) is 0.731. The summed E-state index contributed by atoms with van der Waals surface area (Å²) in [5, 5.41) is 4.20. The molecular formula is C16H26ClNO. The lowest BCUT2D eigenvalue weighted by molar-refractivity contribution is 0.378. The average molecular weight is 284 g/mol. The fourth-order valence-electron chi connectivity index (χ4n) is 1.98. The molecule has 0 fully saturated rings. The minimum atomic E-state index is 0.0914. The summed E-state index contributed by atoms with van der Waals surface area (Å²) in [6, 6.07) is 6.05. The molecule has 0 heterocycles. The molecule has 0 saturated carbocycles. The third-order valence-electron chi connectivity index (χ3n) is 3.34. The smallest absolute Gasteiger partial charge is 0.137 e. The van der Waals surface area contributed by atoms with Crippen molar-refractivity contribution >= 4 is 11.6 Å². The highest BCUT2D eigenvalue weighted by molar-refractivity contribution is 6.32. The molecule has 0 aliphatic rings. The quantitative estimate of drug-likeness (QED) is 0.864. The first-order valence-corrected chi connectivity index (χ1v) is 7.12. The molecule has 3 heteroatoms. The molecule has 0 aliphatic heterocycles. The molecule has 1 aromatic rings. The van der Waals surface area contributed by atoms with Crippen LogP contribution in [0.5, 0.6) is 5.75 Å². The molecule has 0 atom stereocenters. The lowest BCUT2D eigenvalue weighted by Gasteiger charge is -2.28. The van der Waals surface area contributed by atoms with Gasteiger partial charge in [0, 0.05) is 5.54 Å². The van der Waals surface area contributed by atoms with Crippen LogP contribution < -0.4 is 10.1 Å². The normalized spacial score (nSPS) is 12.6. The first-order valence-electron chi connectivity index (χ1n) is 6.75. The third kappa shape index (κ3) is 5.04. The third-order valence-corrected chi connectivity index (χ3v) is 3.63. The van der Waals surface area contributed by atoms with E-state index in [1.54, 1.807) is 7.11 Å². The second kappa shape index (κ2) is 6.15. The van der Waals surface area contributed by atoms with Gasteiger partial charge in [0.15, 0.2) is 0 Å². The molecule has 0 saturated heterocycles. The Balaban J connectivity index is 2.74. The van der Waals surface area contributed by atoms with Crippen molar-refractivity contribution in [2.75, 3.05) is 13.7 Å². The van der Waals surface area contributed by atoms with Crippen LogP contribution >= 0.6 is 11.6 Å². The van der Waals surface area contributed by atoms with Crippen molar-refractivity contribution in [2.24, 2.45) is 0 Å². The Kier molecular flexibility index (Phi) is 5.28. The van der Waals surface area contributed by atoms with Crippen molar-refractivity contribution in [3.63, 3.8) is 0 Å². The van der Waals surface area contributed by atoms with Crippen LogP contribution in [0.25, 0.3) is 0 Å². The summed E-state index contributed by atoms with van der Waals surface area (Å²) in [6.45, 7) is 12.0. The van der Waals surface area contributed by atoms with E-state index in [1.165, 1.54) is 5.56 Å². The second-order valence-corrected chi connectivity index (χ2v) is 7.07. The number of halogens is 1. The highest BCUT2D eigenvalue weighted by atomic mass is 35.5. The minimum absolute atomic E-state index is 0.0914. The zero-order valence-electron chi connectivity index (χ0n) is 12.9. The molecule has 1 N–H and O–H groups in total. The van der Waals surface area contributed by atoms with Crippen molar-refractivity contribution < 1.29 is 4.74 Å². The molecule has 1 aromatic carbocycles. The van der Waals surface area contributed by atoms with E-state index < -0.39 is 0 Å². The maximum Gasteiger partial charge on any atom is 0.137 e. The molecule has 0 radical (unpaired) electrons. The molecule has 0 bridgehead atoms. The van der Waals surface area contributed by atoms with Gasteiger partial charge < -0.3 is 10.1 Å². The first-order chi connectivity index (χ1) is 8.65. The van der Waals surface area contributed by atoms with E-state index in [1.807, 2.05) is 12.1 Å². The summed E-state index contributed by atoms with van der Waals surface area (Å²) in [5.41, 5.74) is 1.50. The van der Waals surface area contributed by atoms with E-state index >= 15 is 0 Å². The number of methoxy groups -OCH3 is 1. The van der Waals surface area contributed by atoms with Crippen LogP contribution in [-0.4, -0.2) is 19.2 Å². The van der Waals surface area contributed by atoms with Crippen LogP contribution in [0.3, 0.4) is 0 Å². The number of hydrogen-bond donors (Lipinski definition) is 1. The summed E-state index contributed by atoms with van der Waals surface area (Å²) in [7, 11) is 1.64. The van der Waals surface area contributed by atoms with Crippen molar-refractivity contribution in [3.05, 3.63) is 28.8 Å². The SMILES string of the molecule is COc1ccc(C(C)(C)CCNC(C)(C)C)cc1Cl. The molecular weight excluding hydrogens is 258 g/mol. The van der Waals surface area contributed by atoms with Gasteiger partial charge in [-0.05, 0) is 56.8 Å². The largest absolute Gasteiger partial charge is 0.495 e. The molecule has 1 rings (SSSR count). The fourth-order valence-corrected chi connectivity index (χ4v) is 2.24. The van der Waals surface area contributed by atoms with Gasteiger partial charge in [0.2, 0.25) is 0 Å². The Morgan fingerprint density at radius 1 is 1.16 bits per heavy atom. The Morgan fingerprint density at radius 3 is 2.26 bits per heavy atom. The van der Waals surface area contributed by atoms with Gasteiger partial charge >= 0.3 is 0 Å². The average Bonchev–Trinajstić information content (AvgIpc) is 2.26. The Morgan fingerprint density at radius 2 is 1.79 bits per heavy atom. The Labute approximate surface area is 122 Å². The molecule has 0 aliphatic carbocycles. The van der Waals surface area contributed by atoms with Gasteiger partial charge in [0.25, 0.3) is 0 Å². The molecule has 0 amide bonds. The summed E-state index contributed by atoms with van der Waals surface area (Å²) < 4.78 is 5.19. The Hall–Kier alpha value is -0.730. The van der Waals surface area contributed by atoms with E-state index in [-0.39, 0.29) is 11.0 Å². The van der Waals surface area contributed by atoms with E-state index in [9.17, 15) is 0 Å². The zero-order chi connectivity index (χ0) is 14.7. The maximum absolute atomic E-state index is 6.20. The van der Waals surface area contributed by atoms with Crippen molar-refractivity contribution in [2.45, 2.75) is 52.0 Å². The summed E-state index contributed by atoms with van der Waals surface area (Å²) in [4.78, 5) is 0. The van der Waals surface area contributed by atoms with Crippen molar-refractivity contribution in [1.29, 1.82) is 0 Å². The topological polar surface area (TPSA) is 21.3 Å². The van der Waals surface area contributed by atoms with Crippen LogP contribution in [0.15, 0.2) is 18.2 Å². The van der Waals surface area contributed by atoms with Gasteiger partial charge in [0.05, 0.1) is 12.1 Å². The van der Waals surface area contributed by atoms with Gasteiger partial charge in [-0.25, -0.2) is 0 Å². The van der Waals surface area contributed by atoms with Crippen molar-refractivity contribution in [1.82, 2.24) is 5.32 Å². The number of nitrogens with one attached hydrogen (secondary N) is 1. The molecule has 108 valence electrons. The fraction of sp³-hybridized carbons (Fsp3) is 0.625. The first kappa shape index (κ1) is 16.3. The zero-order valence-corrected chi connectivity index (χ0v) is 13.7. The van der Waals surface area contributed by atoms with Crippen LogP contribution in [-0.2, 0) is 5.41 Å². The van der Waals surface area contributed by atoms with E-state index in [4.69, 9.17) is 16.3 Å². The molecule has 2 nitrogen and oxygen atoms in total. The summed E-state index contributed by atoms with van der Waals surface area (Å²) >= 11 is 6.20. The lowest BCUT2D eigenvalue weighted by atomic mass is 9.81. The van der Waals surface area contributed by atoms with Gasteiger partial charge in [0.1, 0.15) is 5.75 Å². The van der Waals surface area contributed by atoms with Crippen LogP contribution in [0.4, 0.5) is 0 Å². The van der Waals surface area contributed by atoms with Crippen LogP contribution in [0, 0.1) is 0 Å². The van der Waals surface area contributed by atoms with Crippen LogP contribution in [0.1, 0.15) is 46.6 Å². The monoisotopic (exact) mass is 283 g/mol. The summed E-state index contributed by atoms with van der Waals surface area (Å²) in [6.07, 6.45) is 1.06. The van der Waals surface area contributed by atoms with E-state index in [2.05, 4.69) is 46.0 Å². The van der Waals surface area contributed by atoms with Crippen LogP contribution in [0.2, 0.25) is 5.02 Å². The molecule has 0 unspecified atom stereocenters. The Bertz CT molecular complexity index is 421.